The molecule has 10 heteroatoms. The zero-order valence-corrected chi connectivity index (χ0v) is 34.2. The second kappa shape index (κ2) is 19.2. The first-order valence-corrected chi connectivity index (χ1v) is 20.5. The highest BCUT2D eigenvalue weighted by atomic mass is 16.7. The Morgan fingerprint density at radius 1 is 0.982 bits per heavy atom. The smallest absolute Gasteiger partial charge is 0.239 e. The summed E-state index contributed by atoms with van der Waals surface area (Å²) in [5.41, 5.74) is 5.96. The number of amides is 1. The number of unbranched alkanes of at least 4 members (excludes halogenated alkanes) is 2. The lowest BCUT2D eigenvalue weighted by Gasteiger charge is -2.59. The van der Waals surface area contributed by atoms with Gasteiger partial charge in [0.2, 0.25) is 11.7 Å². The number of rotatable bonds is 19. The van der Waals surface area contributed by atoms with E-state index >= 15 is 0 Å². The summed E-state index contributed by atoms with van der Waals surface area (Å²) in [4.78, 5) is 22.0. The van der Waals surface area contributed by atoms with Gasteiger partial charge in [-0.3, -0.25) is 4.79 Å². The minimum atomic E-state index is -1.32. The number of carbonyl (C=O) groups excluding carboxylic acids is 1. The van der Waals surface area contributed by atoms with Crippen LogP contribution in [0.5, 0.6) is 23.0 Å². The van der Waals surface area contributed by atoms with Gasteiger partial charge >= 0.3 is 0 Å². The van der Waals surface area contributed by atoms with Crippen molar-refractivity contribution in [1.82, 2.24) is 4.90 Å². The third-order valence-corrected chi connectivity index (χ3v) is 12.0. The molecule has 0 aromatic heterocycles. The van der Waals surface area contributed by atoms with Crippen molar-refractivity contribution in [3.63, 3.8) is 0 Å². The zero-order chi connectivity index (χ0) is 40.5. The fourth-order valence-corrected chi connectivity index (χ4v) is 9.10. The predicted octanol–water partition coefficient (Wildman–Crippen LogP) is 8.46. The van der Waals surface area contributed by atoms with Crippen LogP contribution in [-0.2, 0) is 20.8 Å². The molecule has 1 amide bonds. The molecular weight excluding hydrogens is 721 g/mol. The summed E-state index contributed by atoms with van der Waals surface area (Å²) < 4.78 is 26.3. The molecule has 3 aromatic carbocycles. The van der Waals surface area contributed by atoms with Gasteiger partial charge in [-0.15, -0.1) is 6.58 Å². The van der Waals surface area contributed by atoms with E-state index in [0.717, 1.165) is 59.4 Å². The number of hydrogen-bond acceptors (Lipinski definition) is 9. The van der Waals surface area contributed by atoms with Crippen LogP contribution in [0, 0.1) is 31.6 Å². The van der Waals surface area contributed by atoms with Gasteiger partial charge in [0.15, 0.2) is 0 Å². The van der Waals surface area contributed by atoms with Crippen molar-refractivity contribution in [2.45, 2.75) is 89.9 Å². The summed E-state index contributed by atoms with van der Waals surface area (Å²) in [5, 5.41) is 24.5. The number of ether oxygens (including phenoxy) is 4. The normalized spacial score (nSPS) is 24.1. The highest BCUT2D eigenvalue weighted by molar-refractivity contribution is 6.03. The number of fused-ring (bicyclic) bond motifs is 2. The van der Waals surface area contributed by atoms with E-state index in [1.165, 1.54) is 5.56 Å². The Morgan fingerprint density at radius 2 is 1.74 bits per heavy atom. The van der Waals surface area contributed by atoms with Crippen molar-refractivity contribution >= 4 is 11.6 Å². The number of aryl methyl sites for hydroxylation is 2. The van der Waals surface area contributed by atoms with Crippen molar-refractivity contribution < 1.29 is 38.8 Å². The second-order valence-corrected chi connectivity index (χ2v) is 15.6. The van der Waals surface area contributed by atoms with E-state index in [1.807, 2.05) is 56.4 Å². The first-order chi connectivity index (χ1) is 27.7. The van der Waals surface area contributed by atoms with E-state index in [1.54, 1.807) is 18.1 Å². The molecule has 6 atom stereocenters. The van der Waals surface area contributed by atoms with Crippen molar-refractivity contribution in [3.8, 4) is 23.0 Å². The minimum absolute atomic E-state index is 0.0988. The van der Waals surface area contributed by atoms with E-state index < -0.39 is 11.8 Å². The van der Waals surface area contributed by atoms with E-state index in [-0.39, 0.29) is 55.8 Å². The number of methoxy groups -OCH3 is 1. The molecular formula is C47H60N2O8. The van der Waals surface area contributed by atoms with E-state index in [2.05, 4.69) is 44.7 Å². The lowest BCUT2D eigenvalue weighted by molar-refractivity contribution is -0.255. The van der Waals surface area contributed by atoms with Crippen molar-refractivity contribution in [2.75, 3.05) is 40.6 Å². The maximum Gasteiger partial charge on any atom is 0.239 e. The molecule has 6 rings (SSSR count). The third kappa shape index (κ3) is 9.09. The van der Waals surface area contributed by atoms with Crippen LogP contribution in [0.4, 0.5) is 0 Å². The lowest BCUT2D eigenvalue weighted by Crippen LogP contribution is -2.69. The Labute approximate surface area is 338 Å². The molecule has 1 saturated carbocycles. The maximum atomic E-state index is 14.4. The van der Waals surface area contributed by atoms with Crippen LogP contribution in [0.15, 0.2) is 90.1 Å². The maximum absolute atomic E-state index is 14.4. The van der Waals surface area contributed by atoms with Crippen molar-refractivity contribution in [2.24, 2.45) is 22.9 Å². The van der Waals surface area contributed by atoms with Gasteiger partial charge in [-0.25, -0.2) is 0 Å². The van der Waals surface area contributed by atoms with Gasteiger partial charge in [-0.05, 0) is 123 Å². The molecule has 10 nitrogen and oxygen atoms in total. The third-order valence-electron chi connectivity index (χ3n) is 12.0. The number of likely N-dealkylation sites (N-methyl/N-ethyl adjacent to an activating group) is 1. The van der Waals surface area contributed by atoms with Gasteiger partial charge in [0, 0.05) is 38.2 Å². The standard InChI is InChI=1S/C47H60N2O8/c1-7-24-54-47-43(49(5)44(52)27-33-14-13-16-35(26-33)53-6)30-41(48-55-8-2)39-28-34(15-9-11-22-50)38(17-10-12-23-51)45(46(39)47)40-29-37(20-21-42(40)57-47)56-36-19-18-31(3)32(4)25-36/h7,13-14,16,18-21,25-26,28-29,34,38,43,45-46,50-51H,1,8-12,15,17,22-24,27,30H2,2-6H3/t34-,38+,43-,45+,46+,47+/m0/s1. The number of nitrogens with zero attached hydrogens (tertiary/aromatic N) is 2. The first kappa shape index (κ1) is 42.0. The van der Waals surface area contributed by atoms with E-state index in [4.69, 9.17) is 28.9 Å². The highest BCUT2D eigenvalue weighted by Crippen LogP contribution is 2.62. The van der Waals surface area contributed by atoms with Crippen LogP contribution in [0.1, 0.15) is 80.0 Å². The molecule has 0 saturated heterocycles. The largest absolute Gasteiger partial charge is 0.497 e. The average Bonchev–Trinajstić information content (AvgIpc) is 3.21. The number of aliphatic hydroxyl groups excluding tert-OH is 2. The van der Waals surface area contributed by atoms with Crippen LogP contribution < -0.4 is 14.2 Å². The molecule has 57 heavy (non-hydrogen) atoms. The fraction of sp³-hybridized carbons (Fsp3) is 0.489. The molecule has 0 spiro atoms. The van der Waals surface area contributed by atoms with Crippen LogP contribution in [0.3, 0.4) is 0 Å². The number of allylic oxidation sites excluding steroid dienone is 1. The summed E-state index contributed by atoms with van der Waals surface area (Å²) in [7, 11) is 3.44. The van der Waals surface area contributed by atoms with Gasteiger partial charge in [-0.1, -0.05) is 48.3 Å². The minimum Gasteiger partial charge on any atom is -0.497 e. The molecule has 0 radical (unpaired) electrons. The number of carbonyl (C=O) groups is 1. The number of oxime groups is 1. The number of hydrogen-bond donors (Lipinski definition) is 2. The summed E-state index contributed by atoms with van der Waals surface area (Å²) in [6, 6.07) is 19.1. The van der Waals surface area contributed by atoms with E-state index in [9.17, 15) is 15.0 Å². The summed E-state index contributed by atoms with van der Waals surface area (Å²) in [5.74, 6) is 1.12. The van der Waals surface area contributed by atoms with Gasteiger partial charge in [0.05, 0.1) is 31.8 Å². The number of benzene rings is 3. The Morgan fingerprint density at radius 3 is 2.46 bits per heavy atom. The molecule has 3 aliphatic rings. The quantitative estimate of drug-likeness (QED) is 0.0707. The molecule has 2 N–H and O–H groups in total. The molecule has 0 unspecified atom stereocenters. The molecule has 306 valence electrons. The van der Waals surface area contributed by atoms with Crippen LogP contribution in [0.25, 0.3) is 0 Å². The summed E-state index contributed by atoms with van der Waals surface area (Å²) in [6.45, 7) is 10.9. The van der Waals surface area contributed by atoms with Gasteiger partial charge in [-0.2, -0.15) is 0 Å². The molecule has 1 fully saturated rings. The second-order valence-electron chi connectivity index (χ2n) is 15.6. The first-order valence-electron chi connectivity index (χ1n) is 20.5. The van der Waals surface area contributed by atoms with Gasteiger partial charge in [0.1, 0.15) is 35.6 Å². The number of aliphatic hydroxyl groups is 2. The average molecular weight is 781 g/mol. The Bertz CT molecular complexity index is 1920. The van der Waals surface area contributed by atoms with Gasteiger partial charge < -0.3 is 38.9 Å². The molecule has 0 bridgehead atoms. The topological polar surface area (TPSA) is 119 Å². The zero-order valence-electron chi connectivity index (χ0n) is 34.2. The molecule has 2 aliphatic carbocycles. The fourth-order valence-electron chi connectivity index (χ4n) is 9.10. The Hall–Kier alpha value is -4.64. The van der Waals surface area contributed by atoms with Crippen LogP contribution in [-0.4, -0.2) is 79.1 Å². The van der Waals surface area contributed by atoms with Crippen LogP contribution in [0.2, 0.25) is 0 Å². The molecule has 3 aromatic rings. The van der Waals surface area contributed by atoms with Crippen molar-refractivity contribution in [3.05, 3.63) is 107 Å². The highest BCUT2D eigenvalue weighted by Gasteiger charge is 2.65. The molecule has 1 heterocycles. The van der Waals surface area contributed by atoms with Crippen LogP contribution >= 0.6 is 0 Å². The monoisotopic (exact) mass is 780 g/mol. The SMILES string of the molecule is C=CCO[C@@]12Oc3ccc(Oc4ccc(C)c(C)c4)cc3[C@H]3[C@H](CCCCO)[C@@H](CCCCO)C=C(C(=NOCC)C[C@@H]1N(C)C(=O)Cc1cccc(OC)c1)[C@H]32. The summed E-state index contributed by atoms with van der Waals surface area (Å²) in [6.07, 6.45) is 9.39. The van der Waals surface area contributed by atoms with Gasteiger partial charge in [0.25, 0.3) is 0 Å². The Kier molecular flexibility index (Phi) is 14.1. The van der Waals surface area contributed by atoms with Crippen molar-refractivity contribution in [1.29, 1.82) is 0 Å². The van der Waals surface area contributed by atoms with E-state index in [0.29, 0.717) is 43.1 Å². The molecule has 1 aliphatic heterocycles. The lowest BCUT2D eigenvalue weighted by atomic mass is 9.55. The predicted molar refractivity (Wildman–Crippen MR) is 222 cm³/mol. The Balaban J connectivity index is 1.53. The summed E-state index contributed by atoms with van der Waals surface area (Å²) >= 11 is 0.